The topological polar surface area (TPSA) is 12.0 Å². The van der Waals surface area contributed by atoms with E-state index in [0.717, 1.165) is 5.56 Å². The zero-order chi connectivity index (χ0) is 13.8. The van der Waals surface area contributed by atoms with Crippen LogP contribution in [0.25, 0.3) is 0 Å². The maximum atomic E-state index is 12.9. The fourth-order valence-electron chi connectivity index (χ4n) is 2.26. The van der Waals surface area contributed by atoms with Crippen LogP contribution >= 0.6 is 0 Å². The molecule has 0 spiro atoms. The molecule has 2 atom stereocenters. The smallest absolute Gasteiger partial charge is 0.123 e. The highest BCUT2D eigenvalue weighted by molar-refractivity contribution is 5.25. The van der Waals surface area contributed by atoms with Gasteiger partial charge in [0.05, 0.1) is 0 Å². The molecule has 0 aliphatic heterocycles. The van der Waals surface area contributed by atoms with E-state index in [1.54, 1.807) is 0 Å². The summed E-state index contributed by atoms with van der Waals surface area (Å²) in [7, 11) is 0. The van der Waals surface area contributed by atoms with Gasteiger partial charge in [-0.3, -0.25) is 0 Å². The van der Waals surface area contributed by atoms with E-state index < -0.39 is 0 Å². The Balaban J connectivity index is 2.06. The van der Waals surface area contributed by atoms with Crippen LogP contribution in [0.2, 0.25) is 0 Å². The van der Waals surface area contributed by atoms with Crippen molar-refractivity contribution < 1.29 is 4.39 Å². The van der Waals surface area contributed by atoms with Gasteiger partial charge in [-0.25, -0.2) is 4.39 Å². The molecule has 0 aliphatic rings. The molecule has 100 valence electrons. The minimum atomic E-state index is -0.192. The molecule has 0 amide bonds. The van der Waals surface area contributed by atoms with Crippen LogP contribution in [0.3, 0.4) is 0 Å². The number of hydrogen-bond acceptors (Lipinski definition) is 1. The van der Waals surface area contributed by atoms with Crippen LogP contribution in [-0.2, 0) is 0 Å². The summed E-state index contributed by atoms with van der Waals surface area (Å²) in [6.07, 6.45) is 0. The van der Waals surface area contributed by atoms with E-state index in [-0.39, 0.29) is 17.9 Å². The minimum absolute atomic E-state index is 0.191. The Kier molecular flexibility index (Phi) is 4.33. The first kappa shape index (κ1) is 13.8. The Morgan fingerprint density at radius 2 is 1.53 bits per heavy atom. The first-order chi connectivity index (χ1) is 9.06. The first-order valence-electron chi connectivity index (χ1n) is 6.64. The number of hydrogen-bond donors (Lipinski definition) is 1. The lowest BCUT2D eigenvalue weighted by atomic mass is 10.0. The van der Waals surface area contributed by atoms with Gasteiger partial charge in [-0.15, -0.1) is 0 Å². The van der Waals surface area contributed by atoms with Gasteiger partial charge in [-0.05, 0) is 44.0 Å². The summed E-state index contributed by atoms with van der Waals surface area (Å²) in [5, 5.41) is 3.54. The number of nitrogens with one attached hydrogen (secondary N) is 1. The summed E-state index contributed by atoms with van der Waals surface area (Å²) in [5.41, 5.74) is 3.63. The maximum Gasteiger partial charge on any atom is 0.123 e. The molecule has 0 fully saturated rings. The second kappa shape index (κ2) is 5.98. The molecule has 0 aliphatic carbocycles. The van der Waals surface area contributed by atoms with E-state index in [9.17, 15) is 4.39 Å². The lowest BCUT2D eigenvalue weighted by molar-refractivity contribution is 0.493. The first-order valence-corrected chi connectivity index (χ1v) is 6.64. The van der Waals surface area contributed by atoms with Crippen LogP contribution in [0, 0.1) is 12.7 Å². The van der Waals surface area contributed by atoms with E-state index >= 15 is 0 Å². The van der Waals surface area contributed by atoms with Crippen molar-refractivity contribution in [1.82, 2.24) is 5.32 Å². The van der Waals surface area contributed by atoms with Crippen LogP contribution in [0.5, 0.6) is 0 Å². The molecule has 0 saturated carbocycles. The van der Waals surface area contributed by atoms with E-state index in [0.29, 0.717) is 0 Å². The van der Waals surface area contributed by atoms with E-state index in [1.165, 1.54) is 23.3 Å². The van der Waals surface area contributed by atoms with E-state index in [2.05, 4.69) is 50.4 Å². The zero-order valence-electron chi connectivity index (χ0n) is 11.7. The van der Waals surface area contributed by atoms with Crippen molar-refractivity contribution >= 4 is 0 Å². The standard InChI is InChI=1S/C17H20FN/c1-12-5-4-6-16(11-12)14(3)19-13(2)15-7-9-17(18)10-8-15/h4-11,13-14,19H,1-3H3. The SMILES string of the molecule is Cc1cccc(C(C)NC(C)c2ccc(F)cc2)c1. The number of aryl methyl sites for hydroxylation is 1. The van der Waals surface area contributed by atoms with Crippen molar-refractivity contribution in [3.8, 4) is 0 Å². The molecule has 1 N–H and O–H groups in total. The largest absolute Gasteiger partial charge is 0.304 e. The lowest BCUT2D eigenvalue weighted by Gasteiger charge is -2.21. The molecule has 0 aromatic heterocycles. The second-order valence-electron chi connectivity index (χ2n) is 5.08. The normalized spacial score (nSPS) is 14.1. The maximum absolute atomic E-state index is 12.9. The van der Waals surface area contributed by atoms with Gasteiger partial charge in [0.15, 0.2) is 0 Å². The molecular formula is C17H20FN. The van der Waals surface area contributed by atoms with Gasteiger partial charge in [0.25, 0.3) is 0 Å². The third kappa shape index (κ3) is 3.65. The van der Waals surface area contributed by atoms with Crippen molar-refractivity contribution in [2.45, 2.75) is 32.9 Å². The van der Waals surface area contributed by atoms with Gasteiger partial charge < -0.3 is 5.32 Å². The van der Waals surface area contributed by atoms with Gasteiger partial charge in [0.1, 0.15) is 5.82 Å². The molecule has 2 aromatic carbocycles. The Bertz CT molecular complexity index is 533. The van der Waals surface area contributed by atoms with Gasteiger partial charge >= 0.3 is 0 Å². The lowest BCUT2D eigenvalue weighted by Crippen LogP contribution is -2.22. The number of halogens is 1. The number of rotatable bonds is 4. The van der Waals surface area contributed by atoms with Gasteiger partial charge in [-0.1, -0.05) is 42.0 Å². The fourth-order valence-corrected chi connectivity index (χ4v) is 2.26. The molecule has 0 bridgehead atoms. The molecular weight excluding hydrogens is 237 g/mol. The summed E-state index contributed by atoms with van der Waals surface area (Å²) >= 11 is 0. The fraction of sp³-hybridized carbons (Fsp3) is 0.294. The van der Waals surface area contributed by atoms with Gasteiger partial charge in [0, 0.05) is 12.1 Å². The second-order valence-corrected chi connectivity index (χ2v) is 5.08. The van der Waals surface area contributed by atoms with Crippen LogP contribution in [0.4, 0.5) is 4.39 Å². The highest BCUT2D eigenvalue weighted by atomic mass is 19.1. The summed E-state index contributed by atoms with van der Waals surface area (Å²) in [5.74, 6) is -0.192. The van der Waals surface area contributed by atoms with Crippen LogP contribution in [-0.4, -0.2) is 0 Å². The van der Waals surface area contributed by atoms with E-state index in [1.807, 2.05) is 12.1 Å². The van der Waals surface area contributed by atoms with Gasteiger partial charge in [0.2, 0.25) is 0 Å². The molecule has 2 aromatic rings. The van der Waals surface area contributed by atoms with Crippen LogP contribution < -0.4 is 5.32 Å². The predicted molar refractivity (Wildman–Crippen MR) is 77.5 cm³/mol. The van der Waals surface area contributed by atoms with Crippen LogP contribution in [0.1, 0.15) is 42.6 Å². The monoisotopic (exact) mass is 257 g/mol. The summed E-state index contributed by atoms with van der Waals surface area (Å²) < 4.78 is 12.9. The summed E-state index contributed by atoms with van der Waals surface area (Å²) in [4.78, 5) is 0. The van der Waals surface area contributed by atoms with Crippen molar-refractivity contribution in [1.29, 1.82) is 0 Å². The highest BCUT2D eigenvalue weighted by Crippen LogP contribution is 2.20. The molecule has 0 saturated heterocycles. The Morgan fingerprint density at radius 1 is 0.895 bits per heavy atom. The molecule has 0 heterocycles. The Hall–Kier alpha value is -1.67. The molecule has 2 unspecified atom stereocenters. The molecule has 2 rings (SSSR count). The Labute approximate surface area is 114 Å². The zero-order valence-corrected chi connectivity index (χ0v) is 11.7. The third-order valence-corrected chi connectivity index (χ3v) is 3.41. The Morgan fingerprint density at radius 3 is 2.16 bits per heavy atom. The quantitative estimate of drug-likeness (QED) is 0.847. The minimum Gasteiger partial charge on any atom is -0.304 e. The van der Waals surface area contributed by atoms with Crippen LogP contribution in [0.15, 0.2) is 48.5 Å². The molecule has 1 nitrogen and oxygen atoms in total. The van der Waals surface area contributed by atoms with E-state index in [4.69, 9.17) is 0 Å². The average Bonchev–Trinajstić information content (AvgIpc) is 2.39. The van der Waals surface area contributed by atoms with Crippen molar-refractivity contribution in [2.75, 3.05) is 0 Å². The highest BCUT2D eigenvalue weighted by Gasteiger charge is 2.11. The summed E-state index contributed by atoms with van der Waals surface area (Å²) in [6.45, 7) is 6.34. The summed E-state index contributed by atoms with van der Waals surface area (Å²) in [6, 6.07) is 15.6. The van der Waals surface area contributed by atoms with Gasteiger partial charge in [-0.2, -0.15) is 0 Å². The third-order valence-electron chi connectivity index (χ3n) is 3.41. The van der Waals surface area contributed by atoms with Crippen molar-refractivity contribution in [2.24, 2.45) is 0 Å². The predicted octanol–water partition coefficient (Wildman–Crippen LogP) is 4.55. The molecule has 0 radical (unpaired) electrons. The number of benzene rings is 2. The van der Waals surface area contributed by atoms with Crippen molar-refractivity contribution in [3.05, 3.63) is 71.0 Å². The molecule has 2 heteroatoms. The molecule has 19 heavy (non-hydrogen) atoms. The average molecular weight is 257 g/mol. The van der Waals surface area contributed by atoms with Crippen molar-refractivity contribution in [3.63, 3.8) is 0 Å².